The molecule has 3 aromatic rings. The third kappa shape index (κ3) is 7.96. The van der Waals surface area contributed by atoms with Crippen LogP contribution in [0.3, 0.4) is 0 Å². The molecule has 2 saturated heterocycles. The van der Waals surface area contributed by atoms with E-state index in [0.29, 0.717) is 36.7 Å². The maximum Gasteiger partial charge on any atom is 0.573 e. The van der Waals surface area contributed by atoms with Crippen LogP contribution in [-0.4, -0.2) is 112 Å². The van der Waals surface area contributed by atoms with Crippen molar-refractivity contribution in [2.45, 2.75) is 51.7 Å². The Kier molecular flexibility index (Phi) is 8.75. The van der Waals surface area contributed by atoms with Gasteiger partial charge in [-0.1, -0.05) is 0 Å². The largest absolute Gasteiger partial charge is 0.573 e. The molecule has 0 aliphatic carbocycles. The van der Waals surface area contributed by atoms with Crippen molar-refractivity contribution in [2.75, 3.05) is 51.6 Å². The third-order valence-corrected chi connectivity index (χ3v) is 7.89. The number of amides is 2. The van der Waals surface area contributed by atoms with Crippen molar-refractivity contribution in [3.8, 4) is 5.75 Å². The smallest absolute Gasteiger partial charge is 0.444 e. The van der Waals surface area contributed by atoms with Crippen LogP contribution in [0.2, 0.25) is 0 Å². The van der Waals surface area contributed by atoms with Gasteiger partial charge in [-0.05, 0) is 33.9 Å². The van der Waals surface area contributed by atoms with Crippen LogP contribution in [0.5, 0.6) is 5.75 Å². The van der Waals surface area contributed by atoms with Gasteiger partial charge in [-0.25, -0.2) is 9.78 Å². The number of benzene rings is 1. The van der Waals surface area contributed by atoms with Gasteiger partial charge in [0.15, 0.2) is 10.9 Å². The highest BCUT2D eigenvalue weighted by molar-refractivity contribution is 7.13. The molecule has 16 heteroatoms. The first kappa shape index (κ1) is 31.5. The number of halogens is 3. The minimum Gasteiger partial charge on any atom is -0.444 e. The Bertz CT molecular complexity index is 1540. The molecule has 238 valence electrons. The van der Waals surface area contributed by atoms with Crippen molar-refractivity contribution in [3.05, 3.63) is 35.0 Å². The van der Waals surface area contributed by atoms with Crippen molar-refractivity contribution in [3.63, 3.8) is 0 Å². The number of thiazole rings is 1. The average molecular weight is 638 g/mol. The fraction of sp³-hybridized carbons (Fsp3) is 0.536. The van der Waals surface area contributed by atoms with Gasteiger partial charge in [0.1, 0.15) is 23.6 Å². The van der Waals surface area contributed by atoms with Crippen molar-refractivity contribution >= 4 is 45.2 Å². The Morgan fingerprint density at radius 1 is 1.07 bits per heavy atom. The summed E-state index contributed by atoms with van der Waals surface area (Å²) in [7, 11) is 1.98. The van der Waals surface area contributed by atoms with Crippen LogP contribution in [0.15, 0.2) is 23.7 Å². The molecule has 2 aliphatic rings. The van der Waals surface area contributed by atoms with Gasteiger partial charge in [0.2, 0.25) is 5.91 Å². The van der Waals surface area contributed by atoms with Crippen LogP contribution in [0, 0.1) is 0 Å². The molecule has 4 heterocycles. The summed E-state index contributed by atoms with van der Waals surface area (Å²) in [4.78, 5) is 47.7. The predicted molar refractivity (Wildman–Crippen MR) is 156 cm³/mol. The lowest BCUT2D eigenvalue weighted by Crippen LogP contribution is -2.57. The Balaban J connectivity index is 1.25. The highest BCUT2D eigenvalue weighted by Crippen LogP contribution is 2.32. The van der Waals surface area contributed by atoms with Crippen molar-refractivity contribution in [2.24, 2.45) is 0 Å². The van der Waals surface area contributed by atoms with Crippen LogP contribution in [0.4, 0.5) is 23.1 Å². The topological polar surface area (TPSA) is 122 Å². The minimum atomic E-state index is -4.99. The van der Waals surface area contributed by atoms with Gasteiger partial charge in [-0.2, -0.15) is 5.10 Å². The number of ether oxygens (including phenoxy) is 2. The molecule has 12 nitrogen and oxygen atoms in total. The zero-order chi connectivity index (χ0) is 31.8. The van der Waals surface area contributed by atoms with Crippen LogP contribution in [0.1, 0.15) is 36.8 Å². The Morgan fingerprint density at radius 3 is 2.43 bits per heavy atom. The van der Waals surface area contributed by atoms with E-state index < -0.39 is 36.0 Å². The molecule has 2 fully saturated rings. The number of aromatic nitrogens is 3. The summed E-state index contributed by atoms with van der Waals surface area (Å²) < 4.78 is 50.8. The number of alkyl halides is 3. The number of fused-ring (bicyclic) bond motifs is 1. The number of piperazine rings is 1. The highest BCUT2D eigenvalue weighted by atomic mass is 32.1. The number of ketones is 1. The lowest BCUT2D eigenvalue weighted by atomic mass is 10.0. The van der Waals surface area contributed by atoms with Gasteiger partial charge in [0.05, 0.1) is 11.6 Å². The number of likely N-dealkylation sites (N-methyl/N-ethyl adjacent to an activating group) is 1. The Labute approximate surface area is 255 Å². The van der Waals surface area contributed by atoms with Crippen molar-refractivity contribution in [1.29, 1.82) is 0 Å². The third-order valence-electron chi connectivity index (χ3n) is 7.11. The molecule has 0 spiro atoms. The zero-order valence-electron chi connectivity index (χ0n) is 24.8. The summed E-state index contributed by atoms with van der Waals surface area (Å²) in [6.45, 7) is 8.81. The van der Waals surface area contributed by atoms with Gasteiger partial charge in [-0.15, -0.1) is 24.5 Å². The molecule has 0 radical (unpaired) electrons. The molecule has 1 aromatic carbocycles. The number of nitrogens with one attached hydrogen (secondary N) is 1. The number of rotatable bonds is 8. The van der Waals surface area contributed by atoms with E-state index in [4.69, 9.17) is 4.74 Å². The van der Waals surface area contributed by atoms with E-state index in [0.717, 1.165) is 19.2 Å². The van der Waals surface area contributed by atoms with Gasteiger partial charge in [0.25, 0.3) is 0 Å². The number of hydrogen-bond donors (Lipinski definition) is 1. The van der Waals surface area contributed by atoms with Crippen molar-refractivity contribution in [1.82, 2.24) is 29.5 Å². The quantitative estimate of drug-likeness (QED) is 0.369. The summed E-state index contributed by atoms with van der Waals surface area (Å²) in [6, 6.07) is 2.47. The maximum atomic E-state index is 13.3. The zero-order valence-corrected chi connectivity index (χ0v) is 25.6. The van der Waals surface area contributed by atoms with E-state index in [1.165, 1.54) is 27.5 Å². The lowest BCUT2D eigenvalue weighted by molar-refractivity contribution is -0.274. The predicted octanol–water partition coefficient (Wildman–Crippen LogP) is 3.62. The van der Waals surface area contributed by atoms with E-state index in [1.807, 2.05) is 7.05 Å². The number of carbonyl (C=O) groups excluding carboxylic acids is 3. The number of Topliss-reactive ketones (excluding diaryl/α,β-unsaturated/α-hetero) is 1. The highest BCUT2D eigenvalue weighted by Gasteiger charge is 2.35. The number of anilines is 1. The molecule has 44 heavy (non-hydrogen) atoms. The second-order valence-electron chi connectivity index (χ2n) is 11.9. The molecule has 0 saturated carbocycles. The first-order valence-electron chi connectivity index (χ1n) is 14.1. The molecule has 1 N–H and O–H groups in total. The number of hydrogen-bond acceptors (Lipinski definition) is 10. The fourth-order valence-corrected chi connectivity index (χ4v) is 5.63. The first-order chi connectivity index (χ1) is 20.6. The van der Waals surface area contributed by atoms with Crippen LogP contribution in [-0.2, 0) is 22.5 Å². The molecule has 5 rings (SSSR count). The van der Waals surface area contributed by atoms with E-state index in [9.17, 15) is 27.6 Å². The molecular formula is C28H34F3N7O5S. The second kappa shape index (κ2) is 12.2. The maximum absolute atomic E-state index is 13.3. The second-order valence-corrected chi connectivity index (χ2v) is 12.8. The van der Waals surface area contributed by atoms with E-state index in [-0.39, 0.29) is 35.3 Å². The molecule has 2 aromatic heterocycles. The van der Waals surface area contributed by atoms with Gasteiger partial charge in [0, 0.05) is 74.3 Å². The van der Waals surface area contributed by atoms with Crippen LogP contribution >= 0.6 is 11.3 Å². The van der Waals surface area contributed by atoms with E-state index in [2.05, 4.69) is 25.0 Å². The molecule has 0 unspecified atom stereocenters. The normalized spacial score (nSPS) is 16.6. The number of carbonyl (C=O) groups is 3. The fourth-order valence-electron chi connectivity index (χ4n) is 4.84. The summed E-state index contributed by atoms with van der Waals surface area (Å²) in [5.74, 6) is -1.18. The molecular weight excluding hydrogens is 603 g/mol. The Morgan fingerprint density at radius 2 is 1.77 bits per heavy atom. The molecule has 2 aliphatic heterocycles. The molecule has 2 amide bonds. The standard InChI is InChI=1S/C28H34F3N7O5S/c1-27(2,3)43-26(41)37-13-19(14-37)32-25-33-21(16-44-25)22(39)10-17-9-18-12-38(15-24(40)36-7-5-35(4)6-8-36)34-20(18)11-23(17)42-28(29,30)31/h9,11-12,16,19H,5-8,10,13-15H2,1-4H3,(H,32,33). The summed E-state index contributed by atoms with van der Waals surface area (Å²) in [6.07, 6.45) is -4.23. The lowest BCUT2D eigenvalue weighted by Gasteiger charge is -2.39. The monoisotopic (exact) mass is 637 g/mol. The van der Waals surface area contributed by atoms with Gasteiger partial charge in [-0.3, -0.25) is 14.3 Å². The molecule has 0 atom stereocenters. The molecule has 0 bridgehead atoms. The summed E-state index contributed by atoms with van der Waals surface area (Å²) >= 11 is 1.18. The number of likely N-dealkylation sites (tertiary alicyclic amines) is 1. The number of nitrogens with zero attached hydrogens (tertiary/aromatic N) is 6. The average Bonchev–Trinajstić information content (AvgIpc) is 3.50. The van der Waals surface area contributed by atoms with Crippen LogP contribution in [0.25, 0.3) is 10.9 Å². The van der Waals surface area contributed by atoms with E-state index in [1.54, 1.807) is 36.8 Å². The van der Waals surface area contributed by atoms with E-state index >= 15 is 0 Å². The summed E-state index contributed by atoms with van der Waals surface area (Å²) in [5.41, 5.74) is -0.292. The first-order valence-corrected chi connectivity index (χ1v) is 15.0. The van der Waals surface area contributed by atoms with Gasteiger partial charge < -0.3 is 29.5 Å². The Hall–Kier alpha value is -3.92. The van der Waals surface area contributed by atoms with Crippen LogP contribution < -0.4 is 10.1 Å². The SMILES string of the molecule is CN1CCN(C(=O)Cn2cc3cc(CC(=O)c4csc(NC5CN(C(=O)OC(C)(C)C)C5)n4)c(OC(F)(F)F)cc3n2)CC1. The van der Waals surface area contributed by atoms with Gasteiger partial charge >= 0.3 is 12.5 Å². The van der Waals surface area contributed by atoms with Crippen molar-refractivity contribution < 1.29 is 37.0 Å². The summed E-state index contributed by atoms with van der Waals surface area (Å²) in [5, 5.41) is 9.90. The minimum absolute atomic E-state index is 0.0132.